The summed E-state index contributed by atoms with van der Waals surface area (Å²) in [5.41, 5.74) is 1.00. The van der Waals surface area contributed by atoms with Crippen LogP contribution in [0.5, 0.6) is 11.5 Å². The molecule has 2 rings (SSSR count). The van der Waals surface area contributed by atoms with E-state index in [1.807, 2.05) is 19.1 Å². The van der Waals surface area contributed by atoms with Gasteiger partial charge in [0.2, 0.25) is 5.91 Å². The van der Waals surface area contributed by atoms with Crippen molar-refractivity contribution in [2.24, 2.45) is 5.92 Å². The van der Waals surface area contributed by atoms with E-state index < -0.39 is 0 Å². The number of hydrogen-bond acceptors (Lipinski definition) is 3. The zero-order chi connectivity index (χ0) is 16.1. The summed E-state index contributed by atoms with van der Waals surface area (Å²) in [5.74, 6) is 2.00. The first-order valence-electron chi connectivity index (χ1n) is 7.89. The van der Waals surface area contributed by atoms with E-state index in [0.29, 0.717) is 25.6 Å². The molecule has 5 heteroatoms. The lowest BCUT2D eigenvalue weighted by atomic mass is 10.0. The number of fused-ring (bicyclic) bond motifs is 1. The summed E-state index contributed by atoms with van der Waals surface area (Å²) < 4.78 is 12.1. The highest BCUT2D eigenvalue weighted by Gasteiger charge is 2.19. The van der Waals surface area contributed by atoms with Crippen molar-refractivity contribution >= 4 is 21.8 Å². The molecule has 1 amide bonds. The van der Waals surface area contributed by atoms with Gasteiger partial charge in [-0.15, -0.1) is 0 Å². The summed E-state index contributed by atoms with van der Waals surface area (Å²) in [6.45, 7) is 7.37. The summed E-state index contributed by atoms with van der Waals surface area (Å²) in [4.78, 5) is 12.1. The third-order valence-electron chi connectivity index (χ3n) is 3.82. The van der Waals surface area contributed by atoms with Crippen LogP contribution in [0.3, 0.4) is 0 Å². The van der Waals surface area contributed by atoms with Gasteiger partial charge in [-0.3, -0.25) is 4.79 Å². The molecule has 1 aliphatic heterocycles. The minimum absolute atomic E-state index is 0.0773. The van der Waals surface area contributed by atoms with Gasteiger partial charge >= 0.3 is 0 Å². The third-order valence-corrected chi connectivity index (χ3v) is 4.51. The summed E-state index contributed by atoms with van der Waals surface area (Å²) >= 11 is 3.55. The zero-order valence-corrected chi connectivity index (χ0v) is 15.0. The molecule has 2 atom stereocenters. The van der Waals surface area contributed by atoms with Gasteiger partial charge in [0.05, 0.1) is 6.04 Å². The third kappa shape index (κ3) is 4.38. The molecule has 0 fully saturated rings. The Balaban J connectivity index is 2.03. The Kier molecular flexibility index (Phi) is 6.12. The maximum absolute atomic E-state index is 12.1. The van der Waals surface area contributed by atoms with Gasteiger partial charge in [-0.1, -0.05) is 42.6 Å². The number of amides is 1. The average molecular weight is 370 g/mol. The van der Waals surface area contributed by atoms with Crippen molar-refractivity contribution in [2.45, 2.75) is 46.1 Å². The molecule has 0 aromatic heterocycles. The molecule has 1 heterocycles. The highest BCUT2D eigenvalue weighted by molar-refractivity contribution is 9.10. The number of ether oxygens (including phenoxy) is 2. The van der Waals surface area contributed by atoms with Gasteiger partial charge < -0.3 is 14.8 Å². The summed E-state index contributed by atoms with van der Waals surface area (Å²) in [6.07, 6.45) is 2.76. The molecule has 2 unspecified atom stereocenters. The van der Waals surface area contributed by atoms with E-state index in [0.717, 1.165) is 34.4 Å². The summed E-state index contributed by atoms with van der Waals surface area (Å²) in [7, 11) is 0. The standard InChI is InChI=1S/C17H24BrNO3/c1-4-5-11(2)8-17(20)19-12(3)13-9-15-16(10-14(13)18)22-7-6-21-15/h9-12H,4-8H2,1-3H3,(H,19,20). The molecule has 0 saturated heterocycles. The van der Waals surface area contributed by atoms with Gasteiger partial charge in [0.25, 0.3) is 0 Å². The molecule has 1 N–H and O–H groups in total. The van der Waals surface area contributed by atoms with Crippen LogP contribution in [-0.2, 0) is 4.79 Å². The van der Waals surface area contributed by atoms with Crippen LogP contribution in [0.4, 0.5) is 0 Å². The monoisotopic (exact) mass is 369 g/mol. The molecule has 0 bridgehead atoms. The predicted molar refractivity (Wildman–Crippen MR) is 90.4 cm³/mol. The Morgan fingerprint density at radius 3 is 2.55 bits per heavy atom. The molecular weight excluding hydrogens is 346 g/mol. The molecule has 22 heavy (non-hydrogen) atoms. The van der Waals surface area contributed by atoms with Crippen LogP contribution >= 0.6 is 15.9 Å². The van der Waals surface area contributed by atoms with Crippen LogP contribution in [0, 0.1) is 5.92 Å². The first-order chi connectivity index (χ1) is 10.5. The molecule has 0 radical (unpaired) electrons. The van der Waals surface area contributed by atoms with Gasteiger partial charge in [-0.05, 0) is 30.5 Å². The maximum atomic E-state index is 12.1. The summed E-state index contributed by atoms with van der Waals surface area (Å²) in [5, 5.41) is 3.07. The van der Waals surface area contributed by atoms with Crippen LogP contribution < -0.4 is 14.8 Å². The number of nitrogens with one attached hydrogen (secondary N) is 1. The fraction of sp³-hybridized carbons (Fsp3) is 0.588. The molecular formula is C17H24BrNO3. The van der Waals surface area contributed by atoms with Gasteiger partial charge in [0, 0.05) is 10.9 Å². The highest BCUT2D eigenvalue weighted by atomic mass is 79.9. The van der Waals surface area contributed by atoms with Crippen molar-refractivity contribution in [1.82, 2.24) is 5.32 Å². The predicted octanol–water partition coefficient (Wildman–Crippen LogP) is 4.22. The highest BCUT2D eigenvalue weighted by Crippen LogP contribution is 2.37. The van der Waals surface area contributed by atoms with Crippen LogP contribution in [0.15, 0.2) is 16.6 Å². The number of halogens is 1. The van der Waals surface area contributed by atoms with E-state index in [2.05, 4.69) is 35.1 Å². The zero-order valence-electron chi connectivity index (χ0n) is 13.4. The fourth-order valence-electron chi connectivity index (χ4n) is 2.70. The molecule has 0 aliphatic carbocycles. The Morgan fingerprint density at radius 2 is 1.91 bits per heavy atom. The lowest BCUT2D eigenvalue weighted by molar-refractivity contribution is -0.122. The van der Waals surface area contributed by atoms with E-state index >= 15 is 0 Å². The van der Waals surface area contributed by atoms with Gasteiger partial charge in [0.1, 0.15) is 13.2 Å². The van der Waals surface area contributed by atoms with Gasteiger partial charge in [0.15, 0.2) is 11.5 Å². The second-order valence-corrected chi connectivity index (χ2v) is 6.76. The van der Waals surface area contributed by atoms with Crippen molar-refractivity contribution in [3.8, 4) is 11.5 Å². The average Bonchev–Trinajstić information content (AvgIpc) is 2.46. The molecule has 0 spiro atoms. The Bertz CT molecular complexity index is 533. The van der Waals surface area contributed by atoms with E-state index in [1.54, 1.807) is 0 Å². The molecule has 1 aliphatic rings. The van der Waals surface area contributed by atoms with Crippen LogP contribution in [0.1, 0.15) is 51.6 Å². The maximum Gasteiger partial charge on any atom is 0.220 e. The Hall–Kier alpha value is -1.23. The Labute approximate surface area is 140 Å². The van der Waals surface area contributed by atoms with E-state index in [-0.39, 0.29) is 11.9 Å². The minimum atomic E-state index is -0.0773. The molecule has 122 valence electrons. The van der Waals surface area contributed by atoms with Gasteiger partial charge in [-0.2, -0.15) is 0 Å². The van der Waals surface area contributed by atoms with Crippen molar-refractivity contribution in [1.29, 1.82) is 0 Å². The first kappa shape index (κ1) is 17.1. The molecule has 1 aromatic rings. The molecule has 0 saturated carbocycles. The quantitative estimate of drug-likeness (QED) is 0.816. The number of hydrogen-bond donors (Lipinski definition) is 1. The lowest BCUT2D eigenvalue weighted by Crippen LogP contribution is -2.28. The number of benzene rings is 1. The molecule has 4 nitrogen and oxygen atoms in total. The van der Waals surface area contributed by atoms with E-state index in [9.17, 15) is 4.79 Å². The topological polar surface area (TPSA) is 47.6 Å². The van der Waals surface area contributed by atoms with E-state index in [1.165, 1.54) is 0 Å². The van der Waals surface area contributed by atoms with Crippen molar-refractivity contribution in [3.63, 3.8) is 0 Å². The minimum Gasteiger partial charge on any atom is -0.486 e. The number of carbonyl (C=O) groups is 1. The van der Waals surface area contributed by atoms with Crippen LogP contribution in [0.2, 0.25) is 0 Å². The first-order valence-corrected chi connectivity index (χ1v) is 8.69. The smallest absolute Gasteiger partial charge is 0.220 e. The van der Waals surface area contributed by atoms with Crippen molar-refractivity contribution < 1.29 is 14.3 Å². The normalized spacial score (nSPS) is 16.0. The largest absolute Gasteiger partial charge is 0.486 e. The van der Waals surface area contributed by atoms with E-state index in [4.69, 9.17) is 9.47 Å². The SMILES string of the molecule is CCCC(C)CC(=O)NC(C)c1cc2c(cc1Br)OCCO2. The van der Waals surface area contributed by atoms with Crippen molar-refractivity contribution in [2.75, 3.05) is 13.2 Å². The van der Waals surface area contributed by atoms with Gasteiger partial charge in [-0.25, -0.2) is 0 Å². The Morgan fingerprint density at radius 1 is 1.27 bits per heavy atom. The molecule has 1 aromatic carbocycles. The summed E-state index contributed by atoms with van der Waals surface area (Å²) in [6, 6.07) is 3.78. The van der Waals surface area contributed by atoms with Crippen LogP contribution in [0.25, 0.3) is 0 Å². The van der Waals surface area contributed by atoms with Crippen LogP contribution in [-0.4, -0.2) is 19.1 Å². The fourth-order valence-corrected chi connectivity index (χ4v) is 3.37. The number of carbonyl (C=O) groups excluding carboxylic acids is 1. The number of rotatable bonds is 6. The second kappa shape index (κ2) is 7.86. The second-order valence-electron chi connectivity index (χ2n) is 5.90. The lowest BCUT2D eigenvalue weighted by Gasteiger charge is -2.23. The van der Waals surface area contributed by atoms with Crippen molar-refractivity contribution in [3.05, 3.63) is 22.2 Å².